The first-order valence-corrected chi connectivity index (χ1v) is 8.46. The average Bonchev–Trinajstić information content (AvgIpc) is 2.98. The molecule has 4 aromatic rings. The van der Waals surface area contributed by atoms with Crippen LogP contribution < -0.4 is 5.73 Å². The van der Waals surface area contributed by atoms with Crippen molar-refractivity contribution in [2.75, 3.05) is 5.73 Å². The number of nitrogen functional groups attached to an aromatic ring is 1. The summed E-state index contributed by atoms with van der Waals surface area (Å²) in [6.07, 6.45) is 1.76. The van der Waals surface area contributed by atoms with Crippen LogP contribution in [0.2, 0.25) is 5.02 Å². The number of nitrogens with two attached hydrogens (primary N) is 1. The molecule has 2 N–H and O–H groups in total. The summed E-state index contributed by atoms with van der Waals surface area (Å²) in [7, 11) is 0. The second-order valence-electron chi connectivity index (χ2n) is 6.03. The van der Waals surface area contributed by atoms with E-state index in [1.165, 1.54) is 0 Å². The number of fused-ring (bicyclic) bond motifs is 1. The van der Waals surface area contributed by atoms with E-state index in [1.54, 1.807) is 30.5 Å². The molecule has 0 spiro atoms. The van der Waals surface area contributed by atoms with Crippen LogP contribution in [0.3, 0.4) is 0 Å². The zero-order chi connectivity index (χ0) is 18.3. The fraction of sp³-hybridized carbons (Fsp3) is 0.0476. The summed E-state index contributed by atoms with van der Waals surface area (Å²) in [5.41, 5.74) is 10.5. The SMILES string of the molecule is Cc1ncccc1-c1ccc2c(N)c(C(=O)c3ccc(Cl)cc3)oc2c1. The smallest absolute Gasteiger partial charge is 0.230 e. The molecule has 0 unspecified atom stereocenters. The Morgan fingerprint density at radius 2 is 1.88 bits per heavy atom. The molecule has 0 atom stereocenters. The number of aryl methyl sites for hydroxylation is 1. The molecule has 0 saturated carbocycles. The van der Waals surface area contributed by atoms with E-state index >= 15 is 0 Å². The highest BCUT2D eigenvalue weighted by Crippen LogP contribution is 2.33. The topological polar surface area (TPSA) is 69.1 Å². The van der Waals surface area contributed by atoms with Crippen molar-refractivity contribution in [3.8, 4) is 11.1 Å². The zero-order valence-electron chi connectivity index (χ0n) is 14.0. The number of furan rings is 1. The molecule has 0 saturated heterocycles. The predicted molar refractivity (Wildman–Crippen MR) is 103 cm³/mol. The standard InChI is InChI=1S/C21H15ClN2O2/c1-12-16(3-2-10-24-12)14-6-9-17-18(11-14)26-21(19(17)23)20(25)13-4-7-15(22)8-5-13/h2-11H,23H2,1H3. The van der Waals surface area contributed by atoms with Gasteiger partial charge in [0.25, 0.3) is 0 Å². The molecule has 2 aromatic carbocycles. The fourth-order valence-corrected chi connectivity index (χ4v) is 3.10. The molecular formula is C21H15ClN2O2. The maximum atomic E-state index is 12.7. The van der Waals surface area contributed by atoms with Gasteiger partial charge in [-0.1, -0.05) is 23.7 Å². The van der Waals surface area contributed by atoms with E-state index in [0.717, 1.165) is 16.8 Å². The lowest BCUT2D eigenvalue weighted by Crippen LogP contribution is -2.02. The van der Waals surface area contributed by atoms with Crippen LogP contribution >= 0.6 is 11.6 Å². The van der Waals surface area contributed by atoms with Crippen molar-refractivity contribution in [3.05, 3.63) is 82.8 Å². The van der Waals surface area contributed by atoms with Gasteiger partial charge in [-0.05, 0) is 55.0 Å². The van der Waals surface area contributed by atoms with E-state index in [4.69, 9.17) is 21.8 Å². The van der Waals surface area contributed by atoms with Crippen LogP contribution in [0.25, 0.3) is 22.1 Å². The predicted octanol–water partition coefficient (Wildman–Crippen LogP) is 5.27. The van der Waals surface area contributed by atoms with Crippen molar-refractivity contribution in [3.63, 3.8) is 0 Å². The molecule has 0 radical (unpaired) electrons. The molecule has 128 valence electrons. The van der Waals surface area contributed by atoms with E-state index in [9.17, 15) is 4.79 Å². The summed E-state index contributed by atoms with van der Waals surface area (Å²) in [6.45, 7) is 1.95. The van der Waals surface area contributed by atoms with Gasteiger partial charge in [0.05, 0.1) is 5.69 Å². The number of anilines is 1. The lowest BCUT2D eigenvalue weighted by Gasteiger charge is -2.04. The number of rotatable bonds is 3. The summed E-state index contributed by atoms with van der Waals surface area (Å²) < 4.78 is 5.82. The Kier molecular flexibility index (Phi) is 3.98. The number of hydrogen-bond acceptors (Lipinski definition) is 4. The van der Waals surface area contributed by atoms with Crippen molar-refractivity contribution in [1.29, 1.82) is 0 Å². The normalized spacial score (nSPS) is 11.0. The van der Waals surface area contributed by atoms with Crippen LogP contribution in [-0.2, 0) is 0 Å². The van der Waals surface area contributed by atoms with E-state index < -0.39 is 0 Å². The van der Waals surface area contributed by atoms with Gasteiger partial charge in [0, 0.05) is 33.4 Å². The minimum atomic E-state index is -0.269. The Balaban J connectivity index is 1.80. The van der Waals surface area contributed by atoms with E-state index in [2.05, 4.69) is 4.98 Å². The molecule has 0 fully saturated rings. The third-order valence-electron chi connectivity index (χ3n) is 4.36. The molecule has 4 rings (SSSR count). The van der Waals surface area contributed by atoms with Crippen molar-refractivity contribution in [2.45, 2.75) is 6.92 Å². The largest absolute Gasteiger partial charge is 0.450 e. The number of hydrogen-bond donors (Lipinski definition) is 1. The van der Waals surface area contributed by atoms with Gasteiger partial charge >= 0.3 is 0 Å². The molecule has 0 aliphatic rings. The lowest BCUT2D eigenvalue weighted by molar-refractivity contribution is 0.101. The Labute approximate surface area is 155 Å². The van der Waals surface area contributed by atoms with E-state index in [-0.39, 0.29) is 11.5 Å². The maximum Gasteiger partial charge on any atom is 0.230 e. The number of ketones is 1. The van der Waals surface area contributed by atoms with Crippen LogP contribution in [0.4, 0.5) is 5.69 Å². The molecule has 26 heavy (non-hydrogen) atoms. The Morgan fingerprint density at radius 3 is 2.62 bits per heavy atom. The van der Waals surface area contributed by atoms with Crippen LogP contribution in [0.5, 0.6) is 0 Å². The van der Waals surface area contributed by atoms with Gasteiger partial charge in [0.2, 0.25) is 5.78 Å². The first kappa shape index (κ1) is 16.4. The number of aromatic nitrogens is 1. The molecule has 0 aliphatic carbocycles. The highest BCUT2D eigenvalue weighted by atomic mass is 35.5. The minimum Gasteiger partial charge on any atom is -0.450 e. The van der Waals surface area contributed by atoms with Crippen molar-refractivity contribution in [2.24, 2.45) is 0 Å². The van der Waals surface area contributed by atoms with Crippen LogP contribution in [0, 0.1) is 6.92 Å². The summed E-state index contributed by atoms with van der Waals surface area (Å²) in [5, 5.41) is 1.28. The highest BCUT2D eigenvalue weighted by Gasteiger charge is 2.20. The van der Waals surface area contributed by atoms with Gasteiger partial charge in [-0.25, -0.2) is 0 Å². The van der Waals surface area contributed by atoms with E-state index in [0.29, 0.717) is 27.2 Å². The first-order valence-electron chi connectivity index (χ1n) is 8.09. The van der Waals surface area contributed by atoms with Gasteiger partial charge in [0.15, 0.2) is 5.76 Å². The number of carbonyl (C=O) groups excluding carboxylic acids is 1. The van der Waals surface area contributed by atoms with Crippen LogP contribution in [0.1, 0.15) is 21.8 Å². The summed E-state index contributed by atoms with van der Waals surface area (Å²) in [4.78, 5) is 17.0. The summed E-state index contributed by atoms with van der Waals surface area (Å²) in [6, 6.07) is 16.2. The number of nitrogens with zero attached hydrogens (tertiary/aromatic N) is 1. The summed E-state index contributed by atoms with van der Waals surface area (Å²) in [5.74, 6) is -0.128. The van der Waals surface area contributed by atoms with Crippen molar-refractivity contribution < 1.29 is 9.21 Å². The fourth-order valence-electron chi connectivity index (χ4n) is 2.97. The van der Waals surface area contributed by atoms with Gasteiger partial charge in [-0.2, -0.15) is 0 Å². The molecule has 2 heterocycles. The van der Waals surface area contributed by atoms with Gasteiger partial charge in [-0.3, -0.25) is 9.78 Å². The number of halogens is 1. The minimum absolute atomic E-state index is 0.141. The second-order valence-corrected chi connectivity index (χ2v) is 6.46. The monoisotopic (exact) mass is 362 g/mol. The number of carbonyl (C=O) groups is 1. The number of benzene rings is 2. The Hall–Kier alpha value is -3.11. The zero-order valence-corrected chi connectivity index (χ0v) is 14.7. The third kappa shape index (κ3) is 2.74. The van der Waals surface area contributed by atoms with Crippen LogP contribution in [-0.4, -0.2) is 10.8 Å². The summed E-state index contributed by atoms with van der Waals surface area (Å²) >= 11 is 5.88. The molecule has 2 aromatic heterocycles. The first-order chi connectivity index (χ1) is 12.5. The van der Waals surface area contributed by atoms with Crippen LogP contribution in [0.15, 0.2) is 65.2 Å². The van der Waals surface area contributed by atoms with Crippen molar-refractivity contribution >= 4 is 34.0 Å². The molecule has 5 heteroatoms. The second kappa shape index (κ2) is 6.32. The number of pyridine rings is 1. The average molecular weight is 363 g/mol. The van der Waals surface area contributed by atoms with Gasteiger partial charge < -0.3 is 10.2 Å². The lowest BCUT2D eigenvalue weighted by atomic mass is 10.0. The van der Waals surface area contributed by atoms with Crippen molar-refractivity contribution in [1.82, 2.24) is 4.98 Å². The Bertz CT molecular complexity index is 1130. The Morgan fingerprint density at radius 1 is 1.12 bits per heavy atom. The maximum absolute atomic E-state index is 12.7. The molecule has 0 amide bonds. The molecule has 0 bridgehead atoms. The van der Waals surface area contributed by atoms with E-state index in [1.807, 2.05) is 37.3 Å². The quantitative estimate of drug-likeness (QED) is 0.504. The molecule has 4 nitrogen and oxygen atoms in total. The highest BCUT2D eigenvalue weighted by molar-refractivity contribution is 6.30. The van der Waals surface area contributed by atoms with Gasteiger partial charge in [0.1, 0.15) is 5.58 Å². The molecule has 0 aliphatic heterocycles. The van der Waals surface area contributed by atoms with Gasteiger partial charge in [-0.15, -0.1) is 0 Å². The molecular weight excluding hydrogens is 348 g/mol. The third-order valence-corrected chi connectivity index (χ3v) is 4.61.